The second kappa shape index (κ2) is 7.57. The van der Waals surface area contributed by atoms with E-state index < -0.39 is 0 Å². The minimum Gasteiger partial charge on any atom is -0.497 e. The minimum absolute atomic E-state index is 0.135. The van der Waals surface area contributed by atoms with Crippen LogP contribution in [0.15, 0.2) is 24.3 Å². The smallest absolute Gasteiger partial charge is 0.230 e. The Labute approximate surface area is 156 Å². The third-order valence-electron chi connectivity index (χ3n) is 6.40. The Morgan fingerprint density at radius 3 is 2.85 bits per heavy atom. The van der Waals surface area contributed by atoms with Crippen molar-refractivity contribution in [3.8, 4) is 5.75 Å². The van der Waals surface area contributed by atoms with Gasteiger partial charge in [0, 0.05) is 39.4 Å². The topological polar surface area (TPSA) is 42.0 Å². The summed E-state index contributed by atoms with van der Waals surface area (Å²) < 4.78 is 10.8. The van der Waals surface area contributed by atoms with Crippen LogP contribution < -0.4 is 4.74 Å². The summed E-state index contributed by atoms with van der Waals surface area (Å²) in [5, 5.41) is 0. The third-order valence-corrected chi connectivity index (χ3v) is 6.40. The Balaban J connectivity index is 1.36. The summed E-state index contributed by atoms with van der Waals surface area (Å²) >= 11 is 0. The molecule has 1 amide bonds. The van der Waals surface area contributed by atoms with Crippen LogP contribution in [0.5, 0.6) is 5.75 Å². The predicted molar refractivity (Wildman–Crippen MR) is 100 cm³/mol. The normalized spacial score (nSPS) is 27.6. The van der Waals surface area contributed by atoms with Crippen molar-refractivity contribution in [2.45, 2.75) is 32.2 Å². The van der Waals surface area contributed by atoms with Crippen molar-refractivity contribution in [2.75, 3.05) is 46.5 Å². The van der Waals surface area contributed by atoms with Gasteiger partial charge in [0.15, 0.2) is 0 Å². The highest BCUT2D eigenvalue weighted by Gasteiger charge is 2.50. The molecule has 0 bridgehead atoms. The minimum atomic E-state index is -0.135. The van der Waals surface area contributed by atoms with Gasteiger partial charge in [-0.05, 0) is 55.8 Å². The van der Waals surface area contributed by atoms with E-state index >= 15 is 0 Å². The van der Waals surface area contributed by atoms with Crippen molar-refractivity contribution in [1.29, 1.82) is 0 Å². The van der Waals surface area contributed by atoms with Crippen LogP contribution in [0.4, 0.5) is 0 Å². The van der Waals surface area contributed by atoms with E-state index in [-0.39, 0.29) is 5.41 Å². The second-order valence-corrected chi connectivity index (χ2v) is 8.15. The van der Waals surface area contributed by atoms with Gasteiger partial charge >= 0.3 is 0 Å². The predicted octanol–water partition coefficient (Wildman–Crippen LogP) is 2.55. The van der Waals surface area contributed by atoms with Gasteiger partial charge in [0.05, 0.1) is 12.5 Å². The van der Waals surface area contributed by atoms with Gasteiger partial charge < -0.3 is 19.3 Å². The number of hydrogen-bond donors (Lipinski definition) is 0. The summed E-state index contributed by atoms with van der Waals surface area (Å²) in [5.41, 5.74) is 1.01. The maximum atomic E-state index is 13.2. The zero-order chi connectivity index (χ0) is 18.0. The quantitative estimate of drug-likeness (QED) is 0.811. The van der Waals surface area contributed by atoms with Gasteiger partial charge in [0.25, 0.3) is 0 Å². The van der Waals surface area contributed by atoms with Crippen LogP contribution in [0.2, 0.25) is 0 Å². The van der Waals surface area contributed by atoms with Gasteiger partial charge in [-0.3, -0.25) is 4.79 Å². The molecule has 3 saturated heterocycles. The standard InChI is InChI=1S/C21H30N2O3/c1-25-19-4-2-3-18(13-19)15-23-10-8-21(20(23)24)7-9-22(16-21)14-17-5-11-26-12-6-17/h2-4,13,17H,5-12,14-16H2,1H3/t21-/m1/s1. The van der Waals surface area contributed by atoms with E-state index in [2.05, 4.69) is 11.0 Å². The molecule has 1 aromatic rings. The molecule has 0 unspecified atom stereocenters. The molecule has 3 aliphatic heterocycles. The molecular weight excluding hydrogens is 328 g/mol. The maximum absolute atomic E-state index is 13.2. The second-order valence-electron chi connectivity index (χ2n) is 8.15. The van der Waals surface area contributed by atoms with E-state index in [0.717, 1.165) is 69.5 Å². The van der Waals surface area contributed by atoms with Crippen LogP contribution in [0.25, 0.3) is 0 Å². The Hall–Kier alpha value is -1.59. The lowest BCUT2D eigenvalue weighted by Gasteiger charge is -2.28. The molecule has 5 nitrogen and oxygen atoms in total. The lowest BCUT2D eigenvalue weighted by atomic mass is 9.85. The number of likely N-dealkylation sites (tertiary alicyclic amines) is 2. The number of carbonyl (C=O) groups excluding carboxylic acids is 1. The molecule has 1 spiro atoms. The van der Waals surface area contributed by atoms with Crippen molar-refractivity contribution in [1.82, 2.24) is 9.80 Å². The Bertz CT molecular complexity index is 644. The van der Waals surface area contributed by atoms with Crippen LogP contribution in [0, 0.1) is 11.3 Å². The van der Waals surface area contributed by atoms with E-state index in [1.54, 1.807) is 7.11 Å². The number of rotatable bonds is 5. The molecule has 4 rings (SSSR count). The molecule has 0 N–H and O–H groups in total. The summed E-state index contributed by atoms with van der Waals surface area (Å²) in [7, 11) is 1.68. The molecular formula is C21H30N2O3. The van der Waals surface area contributed by atoms with Crippen LogP contribution >= 0.6 is 0 Å². The number of benzene rings is 1. The fourth-order valence-electron chi connectivity index (χ4n) is 4.82. The van der Waals surface area contributed by atoms with Crippen molar-refractivity contribution in [3.63, 3.8) is 0 Å². The van der Waals surface area contributed by atoms with Gasteiger partial charge in [-0.25, -0.2) is 0 Å². The molecule has 0 radical (unpaired) electrons. The summed E-state index contributed by atoms with van der Waals surface area (Å²) in [4.78, 5) is 17.8. The monoisotopic (exact) mass is 358 g/mol. The van der Waals surface area contributed by atoms with E-state index in [4.69, 9.17) is 9.47 Å². The largest absolute Gasteiger partial charge is 0.497 e. The first-order chi connectivity index (χ1) is 12.7. The number of methoxy groups -OCH3 is 1. The molecule has 3 heterocycles. The van der Waals surface area contributed by atoms with E-state index in [1.807, 2.05) is 23.1 Å². The number of hydrogen-bond acceptors (Lipinski definition) is 4. The zero-order valence-electron chi connectivity index (χ0n) is 15.8. The van der Waals surface area contributed by atoms with Crippen molar-refractivity contribution in [2.24, 2.45) is 11.3 Å². The van der Waals surface area contributed by atoms with Crippen LogP contribution in [0.3, 0.4) is 0 Å². The van der Waals surface area contributed by atoms with Crippen LogP contribution in [-0.4, -0.2) is 62.2 Å². The molecule has 0 aliphatic carbocycles. The van der Waals surface area contributed by atoms with Crippen LogP contribution in [-0.2, 0) is 16.1 Å². The number of carbonyl (C=O) groups is 1. The van der Waals surface area contributed by atoms with Gasteiger partial charge in [-0.2, -0.15) is 0 Å². The molecule has 0 aromatic heterocycles. The van der Waals surface area contributed by atoms with Crippen molar-refractivity contribution >= 4 is 5.91 Å². The molecule has 0 saturated carbocycles. The molecule has 5 heteroatoms. The molecule has 1 atom stereocenters. The molecule has 3 fully saturated rings. The molecule has 3 aliphatic rings. The molecule has 142 valence electrons. The van der Waals surface area contributed by atoms with Crippen molar-refractivity contribution in [3.05, 3.63) is 29.8 Å². The van der Waals surface area contributed by atoms with E-state index in [9.17, 15) is 4.79 Å². The lowest BCUT2D eigenvalue weighted by Crippen LogP contribution is -2.38. The first kappa shape index (κ1) is 17.8. The van der Waals surface area contributed by atoms with Crippen LogP contribution in [0.1, 0.15) is 31.2 Å². The summed E-state index contributed by atoms with van der Waals surface area (Å²) in [6, 6.07) is 8.05. The Morgan fingerprint density at radius 1 is 1.23 bits per heavy atom. The maximum Gasteiger partial charge on any atom is 0.230 e. The summed E-state index contributed by atoms with van der Waals surface area (Å²) in [6.45, 7) is 6.51. The number of amides is 1. The summed E-state index contributed by atoms with van der Waals surface area (Å²) in [6.07, 6.45) is 4.35. The van der Waals surface area contributed by atoms with E-state index in [1.165, 1.54) is 12.8 Å². The lowest BCUT2D eigenvalue weighted by molar-refractivity contribution is -0.136. The van der Waals surface area contributed by atoms with E-state index in [0.29, 0.717) is 12.5 Å². The zero-order valence-corrected chi connectivity index (χ0v) is 15.8. The highest BCUT2D eigenvalue weighted by Crippen LogP contribution is 2.41. The molecule has 1 aromatic carbocycles. The fraction of sp³-hybridized carbons (Fsp3) is 0.667. The third kappa shape index (κ3) is 3.60. The highest BCUT2D eigenvalue weighted by molar-refractivity contribution is 5.85. The average molecular weight is 358 g/mol. The Morgan fingerprint density at radius 2 is 2.04 bits per heavy atom. The van der Waals surface area contributed by atoms with Gasteiger partial charge in [0.1, 0.15) is 5.75 Å². The fourth-order valence-corrected chi connectivity index (χ4v) is 4.82. The van der Waals surface area contributed by atoms with Crippen molar-refractivity contribution < 1.29 is 14.3 Å². The van der Waals surface area contributed by atoms with Gasteiger partial charge in [0.2, 0.25) is 5.91 Å². The SMILES string of the molecule is COc1cccc(CN2CC[C@@]3(CCN(CC4CCOCC4)C3)C2=O)c1. The van der Waals surface area contributed by atoms with Gasteiger partial charge in [-0.15, -0.1) is 0 Å². The van der Waals surface area contributed by atoms with Gasteiger partial charge in [-0.1, -0.05) is 12.1 Å². The molecule has 26 heavy (non-hydrogen) atoms. The number of ether oxygens (including phenoxy) is 2. The average Bonchev–Trinajstić information content (AvgIpc) is 3.22. The summed E-state index contributed by atoms with van der Waals surface area (Å²) in [5.74, 6) is 1.95. The number of nitrogens with zero attached hydrogens (tertiary/aromatic N) is 2. The highest BCUT2D eigenvalue weighted by atomic mass is 16.5. The Kier molecular flexibility index (Phi) is 5.18. The first-order valence-electron chi connectivity index (χ1n) is 9.91. The first-order valence-corrected chi connectivity index (χ1v) is 9.91.